The fourth-order valence-corrected chi connectivity index (χ4v) is 2.18. The summed E-state index contributed by atoms with van der Waals surface area (Å²) < 4.78 is 7.75. The number of hydrogen-bond acceptors (Lipinski definition) is 3. The number of benzene rings is 1. The molecule has 4 nitrogen and oxygen atoms in total. The number of ether oxygens (including phenoxy) is 1. The molecule has 1 aromatic heterocycles. The van der Waals surface area contributed by atoms with E-state index in [2.05, 4.69) is 26.3 Å². The lowest BCUT2D eigenvalue weighted by atomic mass is 10.2. The first kappa shape index (κ1) is 14.5. The van der Waals surface area contributed by atoms with E-state index in [0.29, 0.717) is 11.6 Å². The lowest BCUT2D eigenvalue weighted by Crippen LogP contribution is -2.19. The minimum atomic E-state index is 0.691. The van der Waals surface area contributed by atoms with E-state index in [9.17, 15) is 0 Å². The number of aromatic nitrogens is 2. The minimum absolute atomic E-state index is 0.691. The van der Waals surface area contributed by atoms with Gasteiger partial charge < -0.3 is 10.1 Å². The molecule has 0 aliphatic heterocycles. The van der Waals surface area contributed by atoms with Gasteiger partial charge in [-0.25, -0.2) is 4.68 Å². The van der Waals surface area contributed by atoms with Gasteiger partial charge in [0.15, 0.2) is 0 Å². The molecule has 19 heavy (non-hydrogen) atoms. The van der Waals surface area contributed by atoms with Crippen LogP contribution in [-0.4, -0.2) is 30.0 Å². The highest BCUT2D eigenvalue weighted by molar-refractivity contribution is 9.10. The third-order valence-corrected chi connectivity index (χ3v) is 3.29. The van der Waals surface area contributed by atoms with Gasteiger partial charge in [0.25, 0.3) is 0 Å². The molecule has 0 fully saturated rings. The summed E-state index contributed by atoms with van der Waals surface area (Å²) >= 11 is 9.46. The van der Waals surface area contributed by atoms with Crippen LogP contribution in [0, 0.1) is 0 Å². The first-order valence-corrected chi connectivity index (χ1v) is 7.06. The second kappa shape index (κ2) is 7.05. The molecule has 0 amide bonds. The van der Waals surface area contributed by atoms with E-state index in [-0.39, 0.29) is 0 Å². The normalized spacial score (nSPS) is 10.9. The topological polar surface area (TPSA) is 39.1 Å². The Morgan fingerprint density at radius 1 is 1.47 bits per heavy atom. The van der Waals surface area contributed by atoms with Crippen LogP contribution in [0.4, 0.5) is 0 Å². The molecule has 0 aliphatic carbocycles. The van der Waals surface area contributed by atoms with Gasteiger partial charge in [-0.3, -0.25) is 0 Å². The van der Waals surface area contributed by atoms with E-state index in [1.165, 1.54) is 0 Å². The quantitative estimate of drug-likeness (QED) is 0.819. The van der Waals surface area contributed by atoms with Crippen molar-refractivity contribution in [2.75, 3.05) is 20.3 Å². The SMILES string of the molecule is COCCNCc1ccc(Cl)cc1-n1cc(Br)cn1. The second-order valence-electron chi connectivity index (χ2n) is 4.05. The summed E-state index contributed by atoms with van der Waals surface area (Å²) in [6, 6.07) is 5.80. The third kappa shape index (κ3) is 4.04. The smallest absolute Gasteiger partial charge is 0.0705 e. The van der Waals surface area contributed by atoms with Gasteiger partial charge in [-0.2, -0.15) is 5.10 Å². The Bertz CT molecular complexity index is 544. The van der Waals surface area contributed by atoms with Gasteiger partial charge >= 0.3 is 0 Å². The summed E-state index contributed by atoms with van der Waals surface area (Å²) in [5.74, 6) is 0. The molecule has 102 valence electrons. The van der Waals surface area contributed by atoms with Gasteiger partial charge in [-0.15, -0.1) is 0 Å². The molecule has 0 saturated carbocycles. The van der Waals surface area contributed by atoms with Crippen molar-refractivity contribution in [1.29, 1.82) is 0 Å². The van der Waals surface area contributed by atoms with Crippen molar-refractivity contribution >= 4 is 27.5 Å². The maximum absolute atomic E-state index is 6.06. The average molecular weight is 345 g/mol. The van der Waals surface area contributed by atoms with E-state index in [1.54, 1.807) is 13.3 Å². The van der Waals surface area contributed by atoms with Crippen LogP contribution in [0.5, 0.6) is 0 Å². The van der Waals surface area contributed by atoms with E-state index in [1.807, 2.05) is 29.1 Å². The lowest BCUT2D eigenvalue weighted by Gasteiger charge is -2.11. The van der Waals surface area contributed by atoms with Crippen molar-refractivity contribution in [3.8, 4) is 5.69 Å². The highest BCUT2D eigenvalue weighted by Gasteiger charge is 2.07. The van der Waals surface area contributed by atoms with Crippen LogP contribution < -0.4 is 5.32 Å². The molecule has 0 bridgehead atoms. The lowest BCUT2D eigenvalue weighted by molar-refractivity contribution is 0.199. The van der Waals surface area contributed by atoms with Crippen LogP contribution in [0.2, 0.25) is 5.02 Å². The van der Waals surface area contributed by atoms with Crippen molar-refractivity contribution < 1.29 is 4.74 Å². The summed E-state index contributed by atoms with van der Waals surface area (Å²) in [4.78, 5) is 0. The molecule has 6 heteroatoms. The molecular weight excluding hydrogens is 330 g/mol. The van der Waals surface area contributed by atoms with E-state index < -0.39 is 0 Å². The first-order chi connectivity index (χ1) is 9.20. The van der Waals surface area contributed by atoms with Crippen LogP contribution in [0.25, 0.3) is 5.69 Å². The zero-order chi connectivity index (χ0) is 13.7. The van der Waals surface area contributed by atoms with Crippen LogP contribution in [-0.2, 0) is 11.3 Å². The van der Waals surface area contributed by atoms with E-state index >= 15 is 0 Å². The number of methoxy groups -OCH3 is 1. The van der Waals surface area contributed by atoms with Crippen LogP contribution in [0.1, 0.15) is 5.56 Å². The van der Waals surface area contributed by atoms with Crippen molar-refractivity contribution in [3.05, 3.63) is 45.7 Å². The Hall–Kier alpha value is -0.880. The molecule has 2 rings (SSSR count). The maximum Gasteiger partial charge on any atom is 0.0705 e. The fourth-order valence-electron chi connectivity index (χ4n) is 1.73. The minimum Gasteiger partial charge on any atom is -0.383 e. The molecule has 2 aromatic rings. The molecule has 0 radical (unpaired) electrons. The Kier molecular flexibility index (Phi) is 5.39. The fraction of sp³-hybridized carbons (Fsp3) is 0.308. The first-order valence-electron chi connectivity index (χ1n) is 5.89. The van der Waals surface area contributed by atoms with Crippen LogP contribution >= 0.6 is 27.5 Å². The molecule has 1 heterocycles. The van der Waals surface area contributed by atoms with Gasteiger partial charge in [0, 0.05) is 31.4 Å². The van der Waals surface area contributed by atoms with Crippen LogP contribution in [0.3, 0.4) is 0 Å². The molecule has 0 atom stereocenters. The molecule has 0 spiro atoms. The molecule has 0 aliphatic rings. The Morgan fingerprint density at radius 3 is 3.00 bits per heavy atom. The predicted octanol–water partition coefficient (Wildman–Crippen LogP) is 3.02. The van der Waals surface area contributed by atoms with Crippen molar-refractivity contribution in [2.45, 2.75) is 6.54 Å². The van der Waals surface area contributed by atoms with Gasteiger partial charge in [0.2, 0.25) is 0 Å². The van der Waals surface area contributed by atoms with E-state index in [4.69, 9.17) is 16.3 Å². The van der Waals surface area contributed by atoms with Crippen LogP contribution in [0.15, 0.2) is 35.1 Å². The van der Waals surface area contributed by atoms with Gasteiger partial charge in [-0.1, -0.05) is 17.7 Å². The number of nitrogens with zero attached hydrogens (tertiary/aromatic N) is 2. The molecular formula is C13H15BrClN3O. The highest BCUT2D eigenvalue weighted by atomic mass is 79.9. The summed E-state index contributed by atoms with van der Waals surface area (Å²) in [5, 5.41) is 8.31. The summed E-state index contributed by atoms with van der Waals surface area (Å²) in [7, 11) is 1.69. The van der Waals surface area contributed by atoms with Gasteiger partial charge in [0.05, 0.1) is 23.0 Å². The zero-order valence-corrected chi connectivity index (χ0v) is 12.9. The summed E-state index contributed by atoms with van der Waals surface area (Å²) in [6.07, 6.45) is 3.66. The van der Waals surface area contributed by atoms with Crippen molar-refractivity contribution in [1.82, 2.24) is 15.1 Å². The number of nitrogens with one attached hydrogen (secondary N) is 1. The monoisotopic (exact) mass is 343 g/mol. The number of rotatable bonds is 6. The zero-order valence-electron chi connectivity index (χ0n) is 10.6. The Balaban J connectivity index is 2.18. The highest BCUT2D eigenvalue weighted by Crippen LogP contribution is 2.21. The maximum atomic E-state index is 6.06. The van der Waals surface area contributed by atoms with E-state index in [0.717, 1.165) is 28.8 Å². The summed E-state index contributed by atoms with van der Waals surface area (Å²) in [5.41, 5.74) is 2.11. The number of halogens is 2. The standard InChI is InChI=1S/C13H15BrClN3O/c1-19-5-4-16-7-10-2-3-12(15)6-13(10)18-9-11(14)8-17-18/h2-3,6,8-9,16H,4-5,7H2,1H3. The molecule has 0 unspecified atom stereocenters. The molecule has 1 aromatic carbocycles. The third-order valence-electron chi connectivity index (χ3n) is 2.64. The predicted molar refractivity (Wildman–Crippen MR) is 79.9 cm³/mol. The van der Waals surface area contributed by atoms with Gasteiger partial charge in [0.1, 0.15) is 0 Å². The molecule has 1 N–H and O–H groups in total. The second-order valence-corrected chi connectivity index (χ2v) is 5.40. The molecule has 0 saturated heterocycles. The average Bonchev–Trinajstić information content (AvgIpc) is 2.82. The Labute approximate surface area is 125 Å². The summed E-state index contributed by atoms with van der Waals surface area (Å²) in [6.45, 7) is 2.24. The van der Waals surface area contributed by atoms with Crippen molar-refractivity contribution in [2.24, 2.45) is 0 Å². The largest absolute Gasteiger partial charge is 0.383 e. The van der Waals surface area contributed by atoms with Crippen molar-refractivity contribution in [3.63, 3.8) is 0 Å². The number of hydrogen-bond donors (Lipinski definition) is 1. The van der Waals surface area contributed by atoms with Gasteiger partial charge in [-0.05, 0) is 33.6 Å². The Morgan fingerprint density at radius 2 is 2.32 bits per heavy atom.